The zero-order valence-electron chi connectivity index (χ0n) is 17.2. The number of non-ortho nitro benzene ring substituents is 1. The number of esters is 1. The second-order valence-corrected chi connectivity index (χ2v) is 10.1. The molecule has 2 aromatic carbocycles. The maximum Gasteiger partial charge on any atom is 0.328 e. The van der Waals surface area contributed by atoms with Crippen molar-refractivity contribution in [2.75, 3.05) is 7.11 Å². The maximum absolute atomic E-state index is 12.7. The quantitative estimate of drug-likeness (QED) is 0.131. The Bertz CT molecular complexity index is 1160. The number of ether oxygens (including phenoxy) is 2. The van der Waals surface area contributed by atoms with Crippen LogP contribution >= 0.6 is 56.9 Å². The number of nitro groups is 1. The molecule has 0 aliphatic carbocycles. The van der Waals surface area contributed by atoms with Crippen molar-refractivity contribution in [3.05, 3.63) is 69.7 Å². The summed E-state index contributed by atoms with van der Waals surface area (Å²) in [4.78, 5) is 48.3. The van der Waals surface area contributed by atoms with Gasteiger partial charge in [0.25, 0.3) is 16.8 Å². The van der Waals surface area contributed by atoms with Crippen LogP contribution in [0, 0.1) is 17.3 Å². The van der Waals surface area contributed by atoms with Gasteiger partial charge in [-0.05, 0) is 93.2 Å². The molecule has 12 heteroatoms. The fraction of sp³-hybridized carbons (Fsp3) is 0.190. The van der Waals surface area contributed by atoms with Crippen LogP contribution in [0.1, 0.15) is 18.1 Å². The van der Waals surface area contributed by atoms with Crippen LogP contribution in [-0.2, 0) is 20.9 Å². The van der Waals surface area contributed by atoms with Crippen LogP contribution in [0.5, 0.6) is 5.75 Å². The molecule has 9 nitrogen and oxygen atoms in total. The molecule has 33 heavy (non-hydrogen) atoms. The number of imide groups is 1. The van der Waals surface area contributed by atoms with E-state index in [2.05, 4.69) is 49.9 Å². The number of halogens is 2. The Balaban J connectivity index is 1.79. The van der Waals surface area contributed by atoms with E-state index < -0.39 is 28.1 Å². The van der Waals surface area contributed by atoms with E-state index in [0.717, 1.165) is 23.8 Å². The van der Waals surface area contributed by atoms with Gasteiger partial charge in [0.05, 0.1) is 24.1 Å². The largest absolute Gasteiger partial charge is 0.487 e. The molecule has 3 rings (SSSR count). The number of methoxy groups -OCH3 is 1. The van der Waals surface area contributed by atoms with E-state index in [1.807, 2.05) is 0 Å². The average molecular weight is 694 g/mol. The van der Waals surface area contributed by atoms with Crippen LogP contribution in [-0.4, -0.2) is 40.1 Å². The first-order valence-electron chi connectivity index (χ1n) is 9.32. The van der Waals surface area contributed by atoms with Gasteiger partial charge in [0, 0.05) is 12.1 Å². The third kappa shape index (κ3) is 5.84. The van der Waals surface area contributed by atoms with Gasteiger partial charge in [-0.2, -0.15) is 0 Å². The summed E-state index contributed by atoms with van der Waals surface area (Å²) >= 11 is 4.96. The lowest BCUT2D eigenvalue weighted by Gasteiger charge is -2.18. The maximum atomic E-state index is 12.7. The molecule has 1 aliphatic rings. The fourth-order valence-electron chi connectivity index (χ4n) is 2.96. The van der Waals surface area contributed by atoms with Gasteiger partial charge in [0.15, 0.2) is 0 Å². The summed E-state index contributed by atoms with van der Waals surface area (Å²) in [5.74, 6) is -0.626. The Labute approximate surface area is 220 Å². The molecule has 0 bridgehead atoms. The van der Waals surface area contributed by atoms with E-state index in [9.17, 15) is 24.5 Å². The number of hydrogen-bond donors (Lipinski definition) is 0. The van der Waals surface area contributed by atoms with Crippen LogP contribution in [0.4, 0.5) is 10.5 Å². The normalized spacial score (nSPS) is 15.6. The van der Waals surface area contributed by atoms with Crippen LogP contribution in [0.15, 0.2) is 41.3 Å². The van der Waals surface area contributed by atoms with Gasteiger partial charge in [0.2, 0.25) is 0 Å². The highest BCUT2D eigenvalue weighted by atomic mass is 127. The summed E-state index contributed by atoms with van der Waals surface area (Å²) in [5, 5.41) is 10.4. The number of carbonyl (C=O) groups is 3. The van der Waals surface area contributed by atoms with Crippen LogP contribution in [0.3, 0.4) is 0 Å². The molecule has 172 valence electrons. The predicted molar refractivity (Wildman–Crippen MR) is 139 cm³/mol. The van der Waals surface area contributed by atoms with Crippen molar-refractivity contribution in [3.63, 3.8) is 0 Å². The average Bonchev–Trinajstić information content (AvgIpc) is 3.04. The SMILES string of the molecule is COC(=O)[C@@H](C)N1C(=O)S/C(=C/c2cc(I)c(OCc3cccc([N+](=O)[O-])c3)c(I)c2)C1=O. The highest BCUT2D eigenvalue weighted by Crippen LogP contribution is 2.36. The summed E-state index contributed by atoms with van der Waals surface area (Å²) in [6.45, 7) is 1.59. The van der Waals surface area contributed by atoms with Gasteiger partial charge in [-0.15, -0.1) is 0 Å². The molecule has 1 aliphatic heterocycles. The van der Waals surface area contributed by atoms with E-state index in [4.69, 9.17) is 4.74 Å². The third-order valence-electron chi connectivity index (χ3n) is 4.58. The van der Waals surface area contributed by atoms with Gasteiger partial charge in [-0.1, -0.05) is 12.1 Å². The summed E-state index contributed by atoms with van der Waals surface area (Å²) in [6.07, 6.45) is 1.59. The minimum Gasteiger partial charge on any atom is -0.487 e. The van der Waals surface area contributed by atoms with Crippen LogP contribution in [0.2, 0.25) is 0 Å². The summed E-state index contributed by atoms with van der Waals surface area (Å²) in [6, 6.07) is 8.79. The second-order valence-electron chi connectivity index (χ2n) is 6.78. The predicted octanol–water partition coefficient (Wildman–Crippen LogP) is 4.98. The Hall–Kier alpha value is -2.20. The molecule has 0 aromatic heterocycles. The van der Waals surface area contributed by atoms with Gasteiger partial charge in [0.1, 0.15) is 18.4 Å². The number of carbonyl (C=O) groups excluding carboxylic acids is 3. The first kappa shape index (κ1) is 25.4. The molecular formula is C21H16I2N2O7S. The van der Waals surface area contributed by atoms with Crippen molar-refractivity contribution >= 4 is 85.8 Å². The Morgan fingerprint density at radius 3 is 2.52 bits per heavy atom. The second kappa shape index (κ2) is 10.8. The third-order valence-corrected chi connectivity index (χ3v) is 7.06. The monoisotopic (exact) mass is 694 g/mol. The number of thioether (sulfide) groups is 1. The summed E-state index contributed by atoms with van der Waals surface area (Å²) in [7, 11) is 1.19. The highest BCUT2D eigenvalue weighted by molar-refractivity contribution is 14.1. The molecule has 2 amide bonds. The van der Waals surface area contributed by atoms with E-state index in [1.54, 1.807) is 30.3 Å². The lowest BCUT2D eigenvalue weighted by Crippen LogP contribution is -2.42. The van der Waals surface area contributed by atoms with Crippen molar-refractivity contribution in [1.82, 2.24) is 4.90 Å². The zero-order valence-corrected chi connectivity index (χ0v) is 22.4. The van der Waals surface area contributed by atoms with Crippen LogP contribution < -0.4 is 4.74 Å². The van der Waals surface area contributed by atoms with Crippen molar-refractivity contribution in [2.45, 2.75) is 19.6 Å². The van der Waals surface area contributed by atoms with E-state index in [1.165, 1.54) is 26.2 Å². The Morgan fingerprint density at radius 1 is 1.24 bits per heavy atom. The number of benzene rings is 2. The van der Waals surface area contributed by atoms with Gasteiger partial charge >= 0.3 is 5.97 Å². The summed E-state index contributed by atoms with van der Waals surface area (Å²) in [5.41, 5.74) is 1.34. The van der Waals surface area contributed by atoms with E-state index in [-0.39, 0.29) is 17.2 Å². The Kier molecular flexibility index (Phi) is 8.33. The first-order chi connectivity index (χ1) is 15.6. The molecule has 1 atom stereocenters. The smallest absolute Gasteiger partial charge is 0.328 e. The number of nitro benzene ring substituents is 1. The van der Waals surface area contributed by atoms with Crippen molar-refractivity contribution in [3.8, 4) is 5.75 Å². The number of nitrogens with zero attached hydrogens (tertiary/aromatic N) is 2. The molecular weight excluding hydrogens is 678 g/mol. The topological polar surface area (TPSA) is 116 Å². The van der Waals surface area contributed by atoms with Gasteiger partial charge in [-0.25, -0.2) is 4.79 Å². The molecule has 0 saturated carbocycles. The summed E-state index contributed by atoms with van der Waals surface area (Å²) < 4.78 is 12.0. The molecule has 0 unspecified atom stereocenters. The lowest BCUT2D eigenvalue weighted by atomic mass is 10.2. The number of rotatable bonds is 7. The number of amides is 2. The minimum atomic E-state index is -1.02. The molecule has 2 aromatic rings. The Morgan fingerprint density at radius 2 is 1.91 bits per heavy atom. The van der Waals surface area contributed by atoms with Crippen molar-refractivity contribution in [2.24, 2.45) is 0 Å². The first-order valence-corrected chi connectivity index (χ1v) is 12.3. The van der Waals surface area contributed by atoms with Crippen molar-refractivity contribution in [1.29, 1.82) is 0 Å². The minimum absolute atomic E-state index is 0.00805. The molecule has 1 heterocycles. The fourth-order valence-corrected chi connectivity index (χ4v) is 5.99. The van der Waals surface area contributed by atoms with Gasteiger partial charge in [-0.3, -0.25) is 24.6 Å². The standard InChI is InChI=1S/C21H16I2N2O7S/c1-11(20(27)31-2)24-19(26)17(33-21(24)28)9-13-7-15(22)18(16(23)8-13)32-10-12-4-3-5-14(6-12)25(29)30/h3-9,11H,10H2,1-2H3/b17-9+/t11-/m1/s1. The van der Waals surface area contributed by atoms with Gasteiger partial charge < -0.3 is 9.47 Å². The zero-order chi connectivity index (χ0) is 24.3. The molecule has 1 saturated heterocycles. The van der Waals surface area contributed by atoms with E-state index >= 15 is 0 Å². The molecule has 0 radical (unpaired) electrons. The lowest BCUT2D eigenvalue weighted by molar-refractivity contribution is -0.384. The van der Waals surface area contributed by atoms with E-state index in [0.29, 0.717) is 16.9 Å². The van der Waals surface area contributed by atoms with Crippen molar-refractivity contribution < 1.29 is 28.8 Å². The van der Waals surface area contributed by atoms with Crippen LogP contribution in [0.25, 0.3) is 6.08 Å². The highest BCUT2D eigenvalue weighted by Gasteiger charge is 2.41. The molecule has 0 N–H and O–H groups in total. The molecule has 0 spiro atoms. The number of hydrogen-bond acceptors (Lipinski definition) is 8. The molecule has 1 fully saturated rings.